The fraction of sp³-hybridized carbons (Fsp3) is 0.688. The summed E-state index contributed by atoms with van der Waals surface area (Å²) in [6.45, 7) is 0.363. The van der Waals surface area contributed by atoms with Gasteiger partial charge in [-0.2, -0.15) is 11.8 Å². The van der Waals surface area contributed by atoms with E-state index in [2.05, 4.69) is 16.0 Å². The molecule has 0 bridgehead atoms. The second kappa shape index (κ2) is 13.7. The molecule has 30 heavy (non-hydrogen) atoms. The summed E-state index contributed by atoms with van der Waals surface area (Å²) in [4.78, 5) is 58.8. The number of nitrogens with two attached hydrogens (primary N) is 2. The zero-order valence-electron chi connectivity index (χ0n) is 16.7. The molecule has 5 atom stereocenters. The average Bonchev–Trinajstić information content (AvgIpc) is 2.65. The van der Waals surface area contributed by atoms with Crippen LogP contribution in [-0.4, -0.2) is 93.8 Å². The minimum absolute atomic E-state index is 0.109. The first-order chi connectivity index (χ1) is 13.9. The Hall–Kier alpha value is -2.42. The summed E-state index contributed by atoms with van der Waals surface area (Å²) in [7, 11) is 0. The Morgan fingerprint density at radius 3 is 2.00 bits per heavy atom. The summed E-state index contributed by atoms with van der Waals surface area (Å²) >= 11 is 1.36. The second-order valence-electron chi connectivity index (χ2n) is 6.43. The van der Waals surface area contributed by atoms with E-state index in [4.69, 9.17) is 21.7 Å². The second-order valence-corrected chi connectivity index (χ2v) is 7.41. The van der Waals surface area contributed by atoms with E-state index in [1.54, 1.807) is 6.26 Å². The number of thioether (sulfide) groups is 1. The summed E-state index contributed by atoms with van der Waals surface area (Å²) in [5, 5.41) is 34.5. The lowest BCUT2D eigenvalue weighted by Gasteiger charge is -2.26. The van der Waals surface area contributed by atoms with Gasteiger partial charge in [-0.3, -0.25) is 19.2 Å². The van der Waals surface area contributed by atoms with Crippen LogP contribution in [0, 0.1) is 0 Å². The number of nitrogens with one attached hydrogen (secondary N) is 3. The van der Waals surface area contributed by atoms with Crippen molar-refractivity contribution in [3.63, 3.8) is 0 Å². The van der Waals surface area contributed by atoms with Crippen LogP contribution in [0.4, 0.5) is 0 Å². The summed E-state index contributed by atoms with van der Waals surface area (Å²) in [5.74, 6) is -4.57. The number of aliphatic hydroxyl groups is 2. The Balaban J connectivity index is 5.30. The molecule has 0 aliphatic carbocycles. The van der Waals surface area contributed by atoms with Gasteiger partial charge >= 0.3 is 5.97 Å². The molecule has 13 nitrogen and oxygen atoms in total. The van der Waals surface area contributed by atoms with Gasteiger partial charge in [0.2, 0.25) is 23.6 Å². The number of carbonyl (C=O) groups excluding carboxylic acids is 4. The van der Waals surface area contributed by atoms with Gasteiger partial charge in [0.1, 0.15) is 18.1 Å². The number of carboxylic acid groups (broad SMARTS) is 1. The highest BCUT2D eigenvalue weighted by atomic mass is 32.2. The van der Waals surface area contributed by atoms with Gasteiger partial charge in [0, 0.05) is 0 Å². The van der Waals surface area contributed by atoms with E-state index in [0.717, 1.165) is 0 Å². The fourth-order valence-electron chi connectivity index (χ4n) is 2.20. The van der Waals surface area contributed by atoms with E-state index in [1.165, 1.54) is 18.7 Å². The van der Waals surface area contributed by atoms with E-state index in [9.17, 15) is 29.1 Å². The number of hydrogen-bond acceptors (Lipinski definition) is 9. The molecule has 0 spiro atoms. The van der Waals surface area contributed by atoms with Crippen LogP contribution >= 0.6 is 11.8 Å². The van der Waals surface area contributed by atoms with Gasteiger partial charge in [0.15, 0.2) is 0 Å². The number of aliphatic hydroxyl groups excluding tert-OH is 2. The summed E-state index contributed by atoms with van der Waals surface area (Å²) in [6.07, 6.45) is 0.00113. The topological polar surface area (TPSA) is 234 Å². The smallest absolute Gasteiger partial charge is 0.328 e. The van der Waals surface area contributed by atoms with E-state index in [0.29, 0.717) is 5.75 Å². The molecule has 14 heteroatoms. The number of carboxylic acids is 1. The number of carbonyl (C=O) groups is 5. The highest BCUT2D eigenvalue weighted by molar-refractivity contribution is 7.98. The molecule has 0 aromatic rings. The van der Waals surface area contributed by atoms with Gasteiger partial charge in [-0.1, -0.05) is 0 Å². The lowest BCUT2D eigenvalue weighted by molar-refractivity contribution is -0.143. The van der Waals surface area contributed by atoms with E-state index in [1.807, 2.05) is 0 Å². The quantitative estimate of drug-likeness (QED) is 0.127. The summed E-state index contributed by atoms with van der Waals surface area (Å²) < 4.78 is 0. The number of rotatable bonds is 14. The van der Waals surface area contributed by atoms with Gasteiger partial charge in [0.05, 0.1) is 25.2 Å². The van der Waals surface area contributed by atoms with Crippen LogP contribution in [0.25, 0.3) is 0 Å². The Bertz CT molecular complexity index is 633. The van der Waals surface area contributed by atoms with Crippen LogP contribution < -0.4 is 27.4 Å². The zero-order chi connectivity index (χ0) is 23.4. The van der Waals surface area contributed by atoms with Crippen LogP contribution in [0.2, 0.25) is 0 Å². The van der Waals surface area contributed by atoms with Crippen molar-refractivity contribution >= 4 is 41.4 Å². The monoisotopic (exact) mass is 451 g/mol. The van der Waals surface area contributed by atoms with Crippen molar-refractivity contribution in [1.82, 2.24) is 16.0 Å². The van der Waals surface area contributed by atoms with Crippen LogP contribution in [-0.2, 0) is 24.0 Å². The van der Waals surface area contributed by atoms with Crippen LogP contribution in [0.5, 0.6) is 0 Å². The maximum Gasteiger partial charge on any atom is 0.328 e. The van der Waals surface area contributed by atoms with Crippen molar-refractivity contribution in [3.8, 4) is 0 Å². The standard InChI is InChI=1S/C16H29N5O8S/c1-7(23)12(21-13(25)8(17)5-11(18)24)15(27)19-9(3-4-30-2)14(26)20-10(6-22)16(28)29/h7-10,12,22-23H,3-6,17H2,1-2H3,(H2,18,24)(H,19,27)(H,20,26)(H,21,25)(H,28,29). The van der Waals surface area contributed by atoms with E-state index < -0.39 is 72.9 Å². The molecule has 5 unspecified atom stereocenters. The van der Waals surface area contributed by atoms with Crippen LogP contribution in [0.3, 0.4) is 0 Å². The van der Waals surface area contributed by atoms with Crippen LogP contribution in [0.15, 0.2) is 0 Å². The maximum absolute atomic E-state index is 12.6. The summed E-state index contributed by atoms with van der Waals surface area (Å²) in [6, 6.07) is -5.61. The Kier molecular flexibility index (Phi) is 12.6. The van der Waals surface area contributed by atoms with Gasteiger partial charge in [-0.05, 0) is 25.4 Å². The fourth-order valence-corrected chi connectivity index (χ4v) is 2.67. The third-order valence-corrected chi connectivity index (χ3v) is 4.51. The SMILES string of the molecule is CSCCC(NC(=O)C(NC(=O)C(N)CC(N)=O)C(C)O)C(=O)NC(CO)C(=O)O. The molecule has 0 rings (SSSR count). The largest absolute Gasteiger partial charge is 0.480 e. The number of aliphatic carboxylic acids is 1. The van der Waals surface area contributed by atoms with Gasteiger partial charge in [-0.25, -0.2) is 4.79 Å². The molecule has 0 aromatic carbocycles. The Morgan fingerprint density at radius 2 is 1.57 bits per heavy atom. The molecule has 0 aliphatic heterocycles. The molecule has 10 N–H and O–H groups in total. The molecule has 0 heterocycles. The molecule has 0 aliphatic rings. The maximum atomic E-state index is 12.6. The molecule has 0 saturated heterocycles. The molecular formula is C16H29N5O8S. The Labute approximate surface area is 177 Å². The highest BCUT2D eigenvalue weighted by Gasteiger charge is 2.32. The van der Waals surface area contributed by atoms with Crippen molar-refractivity contribution in [2.75, 3.05) is 18.6 Å². The minimum atomic E-state index is -1.56. The molecule has 4 amide bonds. The van der Waals surface area contributed by atoms with Crippen molar-refractivity contribution in [1.29, 1.82) is 0 Å². The first-order valence-electron chi connectivity index (χ1n) is 8.90. The molecule has 0 aromatic heterocycles. The number of hydrogen-bond donors (Lipinski definition) is 8. The average molecular weight is 452 g/mol. The number of amides is 4. The third kappa shape index (κ3) is 9.87. The van der Waals surface area contributed by atoms with Gasteiger partial charge in [-0.15, -0.1) is 0 Å². The van der Waals surface area contributed by atoms with Crippen LogP contribution in [0.1, 0.15) is 19.8 Å². The van der Waals surface area contributed by atoms with Crippen molar-refractivity contribution in [2.24, 2.45) is 11.5 Å². The van der Waals surface area contributed by atoms with E-state index in [-0.39, 0.29) is 6.42 Å². The van der Waals surface area contributed by atoms with Gasteiger partial charge in [0.25, 0.3) is 0 Å². The molecular weight excluding hydrogens is 422 g/mol. The van der Waals surface area contributed by atoms with Crippen molar-refractivity contribution in [3.05, 3.63) is 0 Å². The first kappa shape index (κ1) is 27.6. The molecule has 172 valence electrons. The molecule has 0 saturated carbocycles. The molecule has 0 fully saturated rings. The lowest BCUT2D eigenvalue weighted by atomic mass is 10.1. The van der Waals surface area contributed by atoms with E-state index >= 15 is 0 Å². The van der Waals surface area contributed by atoms with Gasteiger partial charge < -0.3 is 42.7 Å². The minimum Gasteiger partial charge on any atom is -0.480 e. The number of primary amides is 1. The Morgan fingerprint density at radius 1 is 1.00 bits per heavy atom. The predicted octanol–water partition coefficient (Wildman–Crippen LogP) is -4.15. The van der Waals surface area contributed by atoms with Crippen molar-refractivity contribution < 1.29 is 39.3 Å². The normalized spacial score (nSPS) is 15.8. The first-order valence-corrected chi connectivity index (χ1v) is 10.3. The zero-order valence-corrected chi connectivity index (χ0v) is 17.5. The molecule has 0 radical (unpaired) electrons. The summed E-state index contributed by atoms with van der Waals surface area (Å²) in [5.41, 5.74) is 10.5. The predicted molar refractivity (Wildman–Crippen MR) is 107 cm³/mol. The third-order valence-electron chi connectivity index (χ3n) is 3.86. The van der Waals surface area contributed by atoms with Crippen molar-refractivity contribution in [2.45, 2.75) is 50.0 Å². The highest BCUT2D eigenvalue weighted by Crippen LogP contribution is 2.04. The lowest BCUT2D eigenvalue weighted by Crippen LogP contribution is -2.60.